The van der Waals surface area contributed by atoms with Crippen LogP contribution < -0.4 is 74.9 Å². The Bertz CT molecular complexity index is 3480. The molecule has 0 unspecified atom stereocenters. The topological polar surface area (TPSA) is 479 Å². The van der Waals surface area contributed by atoms with Crippen molar-refractivity contribution in [1.82, 2.24) is 69.1 Å². The minimum absolute atomic E-state index is 0.000839. The molecule has 742 valence electrons. The number of nitrogens with one attached hydrogen (secondary N) is 13. The van der Waals surface area contributed by atoms with Crippen LogP contribution in [0.25, 0.3) is 0 Å². The zero-order valence-electron chi connectivity index (χ0n) is 81.0. The molecule has 0 bridgehead atoms. The molecule has 130 heavy (non-hydrogen) atoms. The molecule has 16 N–H and O–H groups in total. The summed E-state index contributed by atoms with van der Waals surface area (Å²) in [7, 11) is 0. The van der Waals surface area contributed by atoms with Crippen LogP contribution in [0, 0.1) is 35.5 Å². The summed E-state index contributed by atoms with van der Waals surface area (Å²) in [5.41, 5.74) is 4.32. The van der Waals surface area contributed by atoms with E-state index in [0.29, 0.717) is 51.5 Å². The van der Waals surface area contributed by atoms with E-state index < -0.39 is 161 Å². The number of nitrogens with two attached hydrogens (primary N) is 1. The fraction of sp³-hybridized carbons (Fsp3) is 0.856. The van der Waals surface area contributed by atoms with Gasteiger partial charge in [-0.25, -0.2) is 24.0 Å². The first-order valence-corrected chi connectivity index (χ1v) is 50.3. The van der Waals surface area contributed by atoms with Gasteiger partial charge in [-0.3, -0.25) is 43.2 Å². The lowest BCUT2D eigenvalue weighted by Crippen LogP contribution is -2.61. The van der Waals surface area contributed by atoms with Gasteiger partial charge in [-0.2, -0.15) is 0 Å². The standard InChI is InChI=1S/C97H170N14O19/c1-64(2)127-91(123)99-54-37-33-53-74(90(121)122)105-86(117)78(61-68-44-24-15-25-45-68)111-89(120)80(63-70-48-28-17-29-49-70)108-83(114)73(52-32-36-57-102-94(126)130-97(9,10)11)104-85(116)77(60-67-42-22-14-23-43-67)110-88(119)79(62-69-46-26-16-27-47-69)107-82(113)72(51-31-35-56-101-93(125)129-96(6,7)8)103-84(115)76(59-66-40-20-13-21-41-66)109-87(118)75(58-65-38-18-12-19-39-65)106-81(112)71(98)50-30-34-55-100-92(124)128-95(3,4)5/h64-80H,12-63,98H2,1-11H3,(H,99,123)(H,100,124)(H,101,125)(H,102,126)(H,103,115)(H,104,116)(H,105,117)(H,106,112)(H,107,113)(H,108,114)(H,109,118)(H,110,119)(H,111,120)(H,121,122)/t71-,72-,73-,74-,75-,76-,77-,78-,79-,80-/m0/s1. The second-order valence-corrected chi connectivity index (χ2v) is 41.6. The predicted molar refractivity (Wildman–Crippen MR) is 498 cm³/mol. The van der Waals surface area contributed by atoms with Crippen molar-refractivity contribution >= 4 is 83.5 Å². The van der Waals surface area contributed by atoms with Crippen molar-refractivity contribution < 1.29 is 91.2 Å². The van der Waals surface area contributed by atoms with E-state index in [9.17, 15) is 38.7 Å². The summed E-state index contributed by atoms with van der Waals surface area (Å²) >= 11 is 0. The van der Waals surface area contributed by atoms with Crippen molar-refractivity contribution in [2.24, 2.45) is 41.2 Å². The lowest BCUT2D eigenvalue weighted by atomic mass is 9.83. The minimum Gasteiger partial charge on any atom is -0.480 e. The van der Waals surface area contributed by atoms with Gasteiger partial charge in [0.05, 0.1) is 12.1 Å². The van der Waals surface area contributed by atoms with E-state index in [1.807, 2.05) is 0 Å². The number of hydrogen-bond donors (Lipinski definition) is 15. The fourth-order valence-electron chi connectivity index (χ4n) is 19.2. The summed E-state index contributed by atoms with van der Waals surface area (Å²) in [6.45, 7) is 20.1. The number of ether oxygens (including phenoxy) is 4. The highest BCUT2D eigenvalue weighted by atomic mass is 16.6. The third-order valence-corrected chi connectivity index (χ3v) is 26.1. The molecule has 33 heteroatoms. The third kappa shape index (κ3) is 46.4. The summed E-state index contributed by atoms with van der Waals surface area (Å²) in [5.74, 6) is -7.05. The molecule has 6 aliphatic carbocycles. The van der Waals surface area contributed by atoms with E-state index >= 15 is 33.6 Å². The summed E-state index contributed by atoms with van der Waals surface area (Å²) in [6, 6.07) is -12.2. The first kappa shape index (κ1) is 110. The summed E-state index contributed by atoms with van der Waals surface area (Å²) < 4.78 is 21.5. The molecule has 0 spiro atoms. The van der Waals surface area contributed by atoms with Crippen LogP contribution in [0.4, 0.5) is 19.2 Å². The zero-order chi connectivity index (χ0) is 95.2. The van der Waals surface area contributed by atoms with Gasteiger partial charge in [-0.1, -0.05) is 193 Å². The molecular weight excluding hydrogens is 1670 g/mol. The highest BCUT2D eigenvalue weighted by Gasteiger charge is 2.41. The van der Waals surface area contributed by atoms with E-state index in [0.717, 1.165) is 193 Å². The molecule has 0 aromatic heterocycles. The predicted octanol–water partition coefficient (Wildman–Crippen LogP) is 13.0. The largest absolute Gasteiger partial charge is 0.480 e. The second-order valence-electron chi connectivity index (χ2n) is 41.6. The van der Waals surface area contributed by atoms with Gasteiger partial charge < -0.3 is 98.9 Å². The van der Waals surface area contributed by atoms with Crippen LogP contribution >= 0.6 is 0 Å². The monoisotopic (exact) mass is 1840 g/mol. The number of carbonyl (C=O) groups is 14. The van der Waals surface area contributed by atoms with Crippen LogP contribution in [0.1, 0.15) is 384 Å². The molecule has 6 rings (SSSR count). The highest BCUT2D eigenvalue weighted by molar-refractivity contribution is 5.99. The number of aliphatic carboxylic acids is 1. The Kier molecular flexibility index (Phi) is 49.9. The molecule has 6 fully saturated rings. The highest BCUT2D eigenvalue weighted by Crippen LogP contribution is 2.34. The van der Waals surface area contributed by atoms with E-state index in [2.05, 4.69) is 69.1 Å². The molecule has 13 amide bonds. The first-order valence-electron chi connectivity index (χ1n) is 50.3. The summed E-state index contributed by atoms with van der Waals surface area (Å²) in [4.78, 5) is 201. The molecule has 0 aromatic rings. The van der Waals surface area contributed by atoms with Gasteiger partial charge in [0, 0.05) is 26.2 Å². The minimum atomic E-state index is -1.34. The van der Waals surface area contributed by atoms with Gasteiger partial charge in [-0.15, -0.1) is 0 Å². The molecule has 0 saturated heterocycles. The molecular formula is C97H170N14O19. The number of unbranched alkanes of at least 4 members (excludes halogenated alkanes) is 4. The number of alkyl carbamates (subject to hydrolysis) is 4. The van der Waals surface area contributed by atoms with Gasteiger partial charge in [-0.05, 0) is 227 Å². The van der Waals surface area contributed by atoms with Gasteiger partial charge in [0.2, 0.25) is 53.2 Å². The molecule has 0 aliphatic heterocycles. The maximum atomic E-state index is 15.8. The van der Waals surface area contributed by atoms with E-state index in [4.69, 9.17) is 24.7 Å². The van der Waals surface area contributed by atoms with Crippen LogP contribution in [0.3, 0.4) is 0 Å². The van der Waals surface area contributed by atoms with E-state index in [1.54, 1.807) is 76.2 Å². The van der Waals surface area contributed by atoms with Crippen LogP contribution in [-0.2, 0) is 66.9 Å². The summed E-state index contributed by atoms with van der Waals surface area (Å²) in [6.07, 6.45) is 28.1. The zero-order valence-corrected chi connectivity index (χ0v) is 81.0. The molecule has 10 atom stereocenters. The summed E-state index contributed by atoms with van der Waals surface area (Å²) in [5, 5.41) is 48.5. The molecule has 33 nitrogen and oxygen atoms in total. The molecule has 6 saturated carbocycles. The third-order valence-electron chi connectivity index (χ3n) is 26.1. The first-order chi connectivity index (χ1) is 61.7. The second kappa shape index (κ2) is 58.7. The number of amides is 13. The normalized spacial score (nSPS) is 19.0. The van der Waals surface area contributed by atoms with E-state index in [1.165, 1.54) is 0 Å². The number of carbonyl (C=O) groups excluding carboxylic acids is 13. The number of hydrogen-bond acceptors (Lipinski definition) is 19. The van der Waals surface area contributed by atoms with Crippen LogP contribution in [0.5, 0.6) is 0 Å². The Morgan fingerprint density at radius 1 is 0.269 bits per heavy atom. The molecule has 0 heterocycles. The maximum Gasteiger partial charge on any atom is 0.407 e. The SMILES string of the molecule is CC(C)OC(=O)NCCCC[C@H](NC(=O)[C@H](CC1CCCCC1)NC(=O)[C@H](CC1CCCCC1)NC(=O)[C@H](CCCCNC(=O)OC(C)(C)C)NC(=O)[C@H](CC1CCCCC1)NC(=O)[C@H](CC1CCCCC1)NC(=O)[C@H](CCCCNC(=O)OC(C)(C)C)NC(=O)[C@H](CC1CCCCC1)NC(=O)[C@H](CC1CCCCC1)NC(=O)[C@@H](N)CCCCNC(=O)OC(C)(C)C)C(=O)O. The molecule has 0 aromatic carbocycles. The van der Waals surface area contributed by atoms with Crippen molar-refractivity contribution in [3.63, 3.8) is 0 Å². The van der Waals surface area contributed by atoms with Crippen LogP contribution in [0.2, 0.25) is 0 Å². The number of carboxylic acids is 1. The average molecular weight is 1840 g/mol. The Morgan fingerprint density at radius 2 is 0.462 bits per heavy atom. The Balaban J connectivity index is 1.32. The van der Waals surface area contributed by atoms with Crippen molar-refractivity contribution in [2.75, 3.05) is 26.2 Å². The van der Waals surface area contributed by atoms with Gasteiger partial charge in [0.25, 0.3) is 0 Å². The van der Waals surface area contributed by atoms with Crippen molar-refractivity contribution in [3.8, 4) is 0 Å². The average Bonchev–Trinajstić information content (AvgIpc) is 0.843. The fourth-order valence-corrected chi connectivity index (χ4v) is 19.2. The Hall–Kier alpha value is -8.26. The van der Waals surface area contributed by atoms with Crippen LogP contribution in [-0.4, -0.2) is 198 Å². The number of carboxylic acid groups (broad SMARTS) is 1. The van der Waals surface area contributed by atoms with Crippen molar-refractivity contribution in [2.45, 2.75) is 468 Å². The smallest absolute Gasteiger partial charge is 0.407 e. The Morgan fingerprint density at radius 3 is 0.685 bits per heavy atom. The lowest BCUT2D eigenvalue weighted by molar-refractivity contribution is -0.142. The lowest BCUT2D eigenvalue weighted by Gasteiger charge is -2.33. The maximum absolute atomic E-state index is 15.8. The van der Waals surface area contributed by atoms with Crippen LogP contribution in [0.15, 0.2) is 0 Å². The Labute approximate surface area is 775 Å². The van der Waals surface area contributed by atoms with Gasteiger partial charge in [0.15, 0.2) is 0 Å². The van der Waals surface area contributed by atoms with Gasteiger partial charge >= 0.3 is 30.3 Å². The quantitative estimate of drug-likeness (QED) is 0.0199. The van der Waals surface area contributed by atoms with Gasteiger partial charge in [0.1, 0.15) is 71.2 Å². The number of rotatable bonds is 52. The molecule has 6 aliphatic rings. The van der Waals surface area contributed by atoms with E-state index in [-0.39, 0.29) is 132 Å². The van der Waals surface area contributed by atoms with Crippen molar-refractivity contribution in [3.05, 3.63) is 0 Å². The molecule has 0 radical (unpaired) electrons. The van der Waals surface area contributed by atoms with Crippen molar-refractivity contribution in [1.29, 1.82) is 0 Å².